The first-order valence-corrected chi connectivity index (χ1v) is 13.2. The van der Waals surface area contributed by atoms with Crippen molar-refractivity contribution in [1.29, 1.82) is 0 Å². The van der Waals surface area contributed by atoms with Gasteiger partial charge in [-0.05, 0) is 56.2 Å². The lowest BCUT2D eigenvalue weighted by Crippen LogP contribution is -2.47. The monoisotopic (exact) mass is 488 g/mol. The minimum absolute atomic E-state index is 0.0767. The highest BCUT2D eigenvalue weighted by Crippen LogP contribution is 2.29. The number of methoxy groups -OCH3 is 1. The zero-order valence-electron chi connectivity index (χ0n) is 22.1. The van der Waals surface area contributed by atoms with Crippen LogP contribution in [0.3, 0.4) is 0 Å². The van der Waals surface area contributed by atoms with Gasteiger partial charge < -0.3 is 25.0 Å². The summed E-state index contributed by atoms with van der Waals surface area (Å²) in [4.78, 5) is 29.9. The lowest BCUT2D eigenvalue weighted by Gasteiger charge is -2.37. The third kappa shape index (κ3) is 7.58. The van der Waals surface area contributed by atoms with Gasteiger partial charge in [-0.2, -0.15) is 0 Å². The number of hydrogen-bond acceptors (Lipinski definition) is 5. The van der Waals surface area contributed by atoms with E-state index in [2.05, 4.69) is 29.4 Å². The van der Waals surface area contributed by atoms with Gasteiger partial charge in [0, 0.05) is 52.1 Å². The molecular weight excluding hydrogens is 444 g/mol. The van der Waals surface area contributed by atoms with Gasteiger partial charge >= 0.3 is 6.03 Å². The third-order valence-electron chi connectivity index (χ3n) is 7.33. The zero-order chi connectivity index (χ0) is 25.4. The number of amides is 3. The molecule has 8 nitrogen and oxygen atoms in total. The number of carbonyl (C=O) groups excluding carboxylic acids is 2. The molecule has 0 radical (unpaired) electrons. The van der Waals surface area contributed by atoms with Crippen molar-refractivity contribution in [3.63, 3.8) is 0 Å². The number of rotatable bonds is 6. The molecule has 0 aromatic heterocycles. The van der Waals surface area contributed by atoms with Crippen molar-refractivity contribution in [2.75, 3.05) is 52.3 Å². The van der Waals surface area contributed by atoms with E-state index in [4.69, 9.17) is 9.47 Å². The molecule has 0 unspecified atom stereocenters. The SMILES string of the molecule is CCCNC(=O)Nc1ccc2c(c1)C(=O)N(C)C[C@H](OC)[C@H](C)CN(CC1CCCC1)[C@@H](C)CO2. The molecule has 0 spiro atoms. The molecule has 0 saturated heterocycles. The van der Waals surface area contributed by atoms with E-state index in [9.17, 15) is 9.59 Å². The smallest absolute Gasteiger partial charge is 0.319 e. The largest absolute Gasteiger partial charge is 0.491 e. The molecule has 3 atom stereocenters. The van der Waals surface area contributed by atoms with Crippen molar-refractivity contribution in [2.24, 2.45) is 11.8 Å². The van der Waals surface area contributed by atoms with Gasteiger partial charge in [0.25, 0.3) is 5.91 Å². The van der Waals surface area contributed by atoms with Crippen molar-refractivity contribution >= 4 is 17.6 Å². The first kappa shape index (κ1) is 27.3. The van der Waals surface area contributed by atoms with Gasteiger partial charge in [-0.1, -0.05) is 26.7 Å². The van der Waals surface area contributed by atoms with Crippen LogP contribution in [-0.2, 0) is 4.74 Å². The van der Waals surface area contributed by atoms with E-state index in [1.165, 1.54) is 25.7 Å². The molecule has 1 aromatic carbocycles. The van der Waals surface area contributed by atoms with Gasteiger partial charge in [-0.15, -0.1) is 0 Å². The normalized spacial score (nSPS) is 24.8. The Morgan fingerprint density at radius 2 is 1.94 bits per heavy atom. The van der Waals surface area contributed by atoms with E-state index < -0.39 is 0 Å². The van der Waals surface area contributed by atoms with Crippen molar-refractivity contribution in [2.45, 2.75) is 65.0 Å². The number of likely N-dealkylation sites (N-methyl/N-ethyl adjacent to an activating group) is 1. The molecule has 35 heavy (non-hydrogen) atoms. The van der Waals surface area contributed by atoms with Gasteiger partial charge in [-0.25, -0.2) is 4.79 Å². The van der Waals surface area contributed by atoms with Gasteiger partial charge in [0.05, 0.1) is 11.7 Å². The standard InChI is InChI=1S/C27H44N4O4/c1-6-13-28-27(33)29-22-11-12-24-23(14-22)26(32)30(4)17-25(34-5)19(2)15-31(20(3)18-35-24)16-21-9-7-8-10-21/h11-12,14,19-21,25H,6-10,13,15-18H2,1-5H3,(H2,28,29,33)/t19-,20+,25+/m1/s1. The molecule has 0 bridgehead atoms. The van der Waals surface area contributed by atoms with Gasteiger partial charge in [0.2, 0.25) is 0 Å². The van der Waals surface area contributed by atoms with Crippen LogP contribution in [0.2, 0.25) is 0 Å². The Labute approximate surface area is 210 Å². The topological polar surface area (TPSA) is 83.1 Å². The molecule has 1 heterocycles. The zero-order valence-corrected chi connectivity index (χ0v) is 22.1. The van der Waals surface area contributed by atoms with Crippen molar-refractivity contribution in [3.05, 3.63) is 23.8 Å². The Bertz CT molecular complexity index is 842. The predicted molar refractivity (Wildman–Crippen MR) is 139 cm³/mol. The van der Waals surface area contributed by atoms with Gasteiger partial charge in [0.1, 0.15) is 12.4 Å². The first-order chi connectivity index (χ1) is 16.8. The second-order valence-electron chi connectivity index (χ2n) is 10.3. The van der Waals surface area contributed by atoms with Crippen LogP contribution in [0.5, 0.6) is 5.75 Å². The minimum atomic E-state index is -0.286. The molecule has 3 amide bonds. The molecular formula is C27H44N4O4. The molecule has 2 N–H and O–H groups in total. The summed E-state index contributed by atoms with van der Waals surface area (Å²) in [6.07, 6.45) is 6.03. The summed E-state index contributed by atoms with van der Waals surface area (Å²) in [7, 11) is 3.52. The maximum Gasteiger partial charge on any atom is 0.319 e. The van der Waals surface area contributed by atoms with Crippen LogP contribution in [0.4, 0.5) is 10.5 Å². The molecule has 196 valence electrons. The van der Waals surface area contributed by atoms with Crippen LogP contribution in [0.15, 0.2) is 18.2 Å². The van der Waals surface area contributed by atoms with Gasteiger partial charge in [-0.3, -0.25) is 9.69 Å². The number of anilines is 1. The fourth-order valence-electron chi connectivity index (χ4n) is 5.12. The Morgan fingerprint density at radius 1 is 1.20 bits per heavy atom. The highest BCUT2D eigenvalue weighted by atomic mass is 16.5. The lowest BCUT2D eigenvalue weighted by atomic mass is 9.99. The molecule has 1 aromatic rings. The van der Waals surface area contributed by atoms with Crippen LogP contribution in [0, 0.1) is 11.8 Å². The van der Waals surface area contributed by atoms with Crippen LogP contribution >= 0.6 is 0 Å². The number of ether oxygens (including phenoxy) is 2. The maximum absolute atomic E-state index is 13.5. The van der Waals surface area contributed by atoms with Crippen molar-refractivity contribution in [1.82, 2.24) is 15.1 Å². The van der Waals surface area contributed by atoms with Crippen LogP contribution in [0.25, 0.3) is 0 Å². The Balaban J connectivity index is 1.86. The first-order valence-electron chi connectivity index (χ1n) is 13.2. The summed E-state index contributed by atoms with van der Waals surface area (Å²) < 4.78 is 12.1. The molecule has 8 heteroatoms. The quantitative estimate of drug-likeness (QED) is 0.627. The summed E-state index contributed by atoms with van der Waals surface area (Å²) >= 11 is 0. The van der Waals surface area contributed by atoms with Gasteiger partial charge in [0.15, 0.2) is 0 Å². The molecule has 1 saturated carbocycles. The number of nitrogens with zero attached hydrogens (tertiary/aromatic N) is 2. The Hall–Kier alpha value is -2.32. The van der Waals surface area contributed by atoms with E-state index >= 15 is 0 Å². The van der Waals surface area contributed by atoms with Crippen LogP contribution in [0.1, 0.15) is 63.2 Å². The highest BCUT2D eigenvalue weighted by molar-refractivity contribution is 5.99. The lowest BCUT2D eigenvalue weighted by molar-refractivity contribution is 0.00814. The number of carbonyl (C=O) groups is 2. The van der Waals surface area contributed by atoms with Crippen molar-refractivity contribution < 1.29 is 19.1 Å². The molecule has 1 fully saturated rings. The fourth-order valence-corrected chi connectivity index (χ4v) is 5.12. The summed E-state index contributed by atoms with van der Waals surface area (Å²) in [6.45, 7) is 9.95. The van der Waals surface area contributed by atoms with Crippen molar-refractivity contribution in [3.8, 4) is 5.75 Å². The Kier molecular flexibility index (Phi) is 10.2. The van der Waals surface area contributed by atoms with E-state index in [-0.39, 0.29) is 30.0 Å². The molecule has 1 aliphatic heterocycles. The highest BCUT2D eigenvalue weighted by Gasteiger charge is 2.30. The number of benzene rings is 1. The second kappa shape index (κ2) is 13.1. The number of urea groups is 1. The minimum Gasteiger partial charge on any atom is -0.491 e. The average Bonchev–Trinajstić information content (AvgIpc) is 3.36. The summed E-state index contributed by atoms with van der Waals surface area (Å²) in [5.41, 5.74) is 1.00. The molecule has 2 aliphatic rings. The van der Waals surface area contributed by atoms with E-state index in [1.807, 2.05) is 6.92 Å². The third-order valence-corrected chi connectivity index (χ3v) is 7.33. The number of fused-ring (bicyclic) bond motifs is 1. The summed E-state index contributed by atoms with van der Waals surface area (Å²) in [6, 6.07) is 5.19. The average molecular weight is 489 g/mol. The molecule has 3 rings (SSSR count). The summed E-state index contributed by atoms with van der Waals surface area (Å²) in [5, 5.41) is 5.62. The van der Waals surface area contributed by atoms with E-state index in [0.717, 1.165) is 25.4 Å². The number of nitrogens with one attached hydrogen (secondary N) is 2. The fraction of sp³-hybridized carbons (Fsp3) is 0.704. The van der Waals surface area contributed by atoms with Crippen LogP contribution in [-0.4, -0.2) is 80.8 Å². The van der Waals surface area contributed by atoms with Crippen LogP contribution < -0.4 is 15.4 Å². The maximum atomic E-state index is 13.5. The van der Waals surface area contributed by atoms with E-state index in [1.54, 1.807) is 37.3 Å². The summed E-state index contributed by atoms with van der Waals surface area (Å²) in [5.74, 6) is 1.38. The molecule has 1 aliphatic carbocycles. The Morgan fingerprint density at radius 3 is 2.63 bits per heavy atom. The van der Waals surface area contributed by atoms with E-state index in [0.29, 0.717) is 36.7 Å². The second-order valence-corrected chi connectivity index (χ2v) is 10.3. The number of hydrogen-bond donors (Lipinski definition) is 2. The predicted octanol–water partition coefficient (Wildman–Crippen LogP) is 4.21.